The van der Waals surface area contributed by atoms with Crippen molar-refractivity contribution in [2.75, 3.05) is 26.6 Å². The van der Waals surface area contributed by atoms with Gasteiger partial charge in [-0.25, -0.2) is 13.9 Å². The number of amides is 1. The first-order valence-electron chi connectivity index (χ1n) is 10.4. The Hall–Kier alpha value is -2.95. The van der Waals surface area contributed by atoms with Crippen LogP contribution in [0.3, 0.4) is 0 Å². The molecule has 0 aromatic heterocycles. The van der Waals surface area contributed by atoms with Crippen LogP contribution >= 0.6 is 0 Å². The van der Waals surface area contributed by atoms with E-state index in [0.29, 0.717) is 25.3 Å². The Kier molecular flexibility index (Phi) is 7.72. The first-order valence-corrected chi connectivity index (χ1v) is 12.3. The molecule has 1 aliphatic heterocycles. The van der Waals surface area contributed by atoms with Crippen LogP contribution in [0.4, 0.5) is 0 Å². The van der Waals surface area contributed by atoms with Crippen LogP contribution in [0, 0.1) is 0 Å². The predicted octanol–water partition coefficient (Wildman–Crippen LogP) is 2.57. The van der Waals surface area contributed by atoms with Crippen LogP contribution < -0.4 is 10.2 Å². The van der Waals surface area contributed by atoms with Crippen LogP contribution in [0.1, 0.15) is 25.3 Å². The Morgan fingerprint density at radius 2 is 1.70 bits per heavy atom. The van der Waals surface area contributed by atoms with Gasteiger partial charge in [0.15, 0.2) is 14.6 Å². The molecule has 1 aliphatic rings. The van der Waals surface area contributed by atoms with E-state index in [1.165, 1.54) is 12.4 Å². The summed E-state index contributed by atoms with van der Waals surface area (Å²) in [5, 5.41) is 13.1. The fraction of sp³-hybridized carbons (Fsp3) is 0.391. The Morgan fingerprint density at radius 1 is 1.12 bits per heavy atom. The molecule has 0 spiro atoms. The molecule has 10 heteroatoms. The van der Waals surface area contributed by atoms with E-state index in [1.807, 2.05) is 48.5 Å². The average Bonchev–Trinajstić information content (AvgIpc) is 3.26. The predicted molar refractivity (Wildman–Crippen MR) is 123 cm³/mol. The third-order valence-corrected chi connectivity index (χ3v) is 7.70. The maximum atomic E-state index is 12.2. The van der Waals surface area contributed by atoms with Crippen molar-refractivity contribution in [2.24, 2.45) is 5.16 Å². The third-order valence-electron chi connectivity index (χ3n) is 5.71. The standard InChI is InChI=1S/C23H28N2O7S/c1-23(22(26)24-27,33(3,28)29)15-20-14-21(25-32-20)18-6-4-16(5-7-18)17-8-10-19(11-9-17)31-13-12-30-2/h4-11,20,27H,12-15H2,1-3H3,(H,24,26). The molecule has 1 amide bonds. The lowest BCUT2D eigenvalue weighted by atomic mass is 9.95. The third kappa shape index (κ3) is 5.70. The number of rotatable bonds is 10. The Labute approximate surface area is 193 Å². The van der Waals surface area contributed by atoms with E-state index in [-0.39, 0.29) is 6.42 Å². The van der Waals surface area contributed by atoms with Crippen LogP contribution in [0.25, 0.3) is 11.1 Å². The van der Waals surface area contributed by atoms with Gasteiger partial charge in [-0.15, -0.1) is 0 Å². The number of hydroxylamine groups is 1. The van der Waals surface area contributed by atoms with E-state index in [1.54, 1.807) is 7.11 Å². The summed E-state index contributed by atoms with van der Waals surface area (Å²) in [6.07, 6.45) is 0.553. The molecule has 1 heterocycles. The number of ether oxygens (including phenoxy) is 2. The molecule has 0 saturated heterocycles. The van der Waals surface area contributed by atoms with Gasteiger partial charge in [-0.1, -0.05) is 41.6 Å². The first kappa shape index (κ1) is 24.7. The highest BCUT2D eigenvalue weighted by Gasteiger charge is 2.47. The molecule has 9 nitrogen and oxygen atoms in total. The van der Waals surface area contributed by atoms with Crippen LogP contribution in [0.5, 0.6) is 5.75 Å². The number of oxime groups is 1. The van der Waals surface area contributed by atoms with Crippen molar-refractivity contribution < 1.29 is 32.7 Å². The molecule has 2 aromatic carbocycles. The zero-order valence-electron chi connectivity index (χ0n) is 18.8. The zero-order valence-corrected chi connectivity index (χ0v) is 19.6. The number of nitrogens with one attached hydrogen (secondary N) is 1. The van der Waals surface area contributed by atoms with Crippen molar-refractivity contribution in [1.29, 1.82) is 0 Å². The van der Waals surface area contributed by atoms with Crippen LogP contribution in [-0.2, 0) is 24.2 Å². The van der Waals surface area contributed by atoms with Crippen molar-refractivity contribution >= 4 is 21.5 Å². The van der Waals surface area contributed by atoms with Gasteiger partial charge in [0.2, 0.25) is 0 Å². The van der Waals surface area contributed by atoms with E-state index in [2.05, 4.69) is 5.16 Å². The fourth-order valence-electron chi connectivity index (χ4n) is 3.52. The highest BCUT2D eigenvalue weighted by Crippen LogP contribution is 2.30. The van der Waals surface area contributed by atoms with Gasteiger partial charge < -0.3 is 14.3 Å². The average molecular weight is 477 g/mol. The maximum absolute atomic E-state index is 12.2. The summed E-state index contributed by atoms with van der Waals surface area (Å²) in [5.74, 6) is -0.228. The first-order chi connectivity index (χ1) is 15.7. The molecule has 0 radical (unpaired) electrons. The van der Waals surface area contributed by atoms with E-state index in [4.69, 9.17) is 19.5 Å². The topological polar surface area (TPSA) is 124 Å². The van der Waals surface area contributed by atoms with Gasteiger partial charge in [-0.3, -0.25) is 10.0 Å². The Bertz CT molecular complexity index is 1100. The summed E-state index contributed by atoms with van der Waals surface area (Å²) in [7, 11) is -2.18. The van der Waals surface area contributed by atoms with Gasteiger partial charge in [-0.05, 0) is 35.7 Å². The number of nitrogens with zero attached hydrogens (tertiary/aromatic N) is 1. The maximum Gasteiger partial charge on any atom is 0.264 e. The second kappa shape index (κ2) is 10.3. The van der Waals surface area contributed by atoms with E-state index >= 15 is 0 Å². The molecule has 0 fully saturated rings. The Morgan fingerprint density at radius 3 is 2.24 bits per heavy atom. The molecule has 3 rings (SSSR count). The van der Waals surface area contributed by atoms with Gasteiger partial charge in [0, 0.05) is 26.2 Å². The summed E-state index contributed by atoms with van der Waals surface area (Å²) < 4.78 is 33.1. The number of benzene rings is 2. The van der Waals surface area contributed by atoms with Crippen molar-refractivity contribution in [3.05, 3.63) is 54.1 Å². The smallest absolute Gasteiger partial charge is 0.264 e. The number of carbonyl (C=O) groups is 1. The van der Waals surface area contributed by atoms with Gasteiger partial charge in [0.05, 0.1) is 12.3 Å². The highest BCUT2D eigenvalue weighted by molar-refractivity contribution is 7.92. The SMILES string of the molecule is COCCOc1ccc(-c2ccc(C3=NOC(CC(C)(C(=O)NO)S(C)(=O)=O)C3)cc2)cc1. The number of methoxy groups -OCH3 is 1. The molecule has 2 unspecified atom stereocenters. The summed E-state index contributed by atoms with van der Waals surface area (Å²) >= 11 is 0. The van der Waals surface area contributed by atoms with E-state index < -0.39 is 26.6 Å². The lowest BCUT2D eigenvalue weighted by Crippen LogP contribution is -2.51. The van der Waals surface area contributed by atoms with Crippen molar-refractivity contribution in [3.63, 3.8) is 0 Å². The lowest BCUT2D eigenvalue weighted by molar-refractivity contribution is -0.132. The minimum absolute atomic E-state index is 0.137. The molecule has 33 heavy (non-hydrogen) atoms. The molecule has 2 atom stereocenters. The molecular weight excluding hydrogens is 448 g/mol. The molecule has 2 aromatic rings. The fourth-order valence-corrected chi connectivity index (χ4v) is 4.39. The lowest BCUT2D eigenvalue weighted by Gasteiger charge is -2.26. The summed E-state index contributed by atoms with van der Waals surface area (Å²) in [6, 6.07) is 15.5. The molecular formula is C23H28N2O7S. The van der Waals surface area contributed by atoms with Gasteiger partial charge in [0.25, 0.3) is 5.91 Å². The minimum atomic E-state index is -3.81. The largest absolute Gasteiger partial charge is 0.491 e. The van der Waals surface area contributed by atoms with Crippen molar-refractivity contribution in [2.45, 2.75) is 30.6 Å². The number of carbonyl (C=O) groups excluding carboxylic acids is 1. The molecule has 0 saturated carbocycles. The monoisotopic (exact) mass is 476 g/mol. The summed E-state index contributed by atoms with van der Waals surface area (Å²) in [5.41, 5.74) is 4.99. The molecule has 178 valence electrons. The van der Waals surface area contributed by atoms with Gasteiger partial charge >= 0.3 is 0 Å². The number of sulfone groups is 1. The molecule has 0 aliphatic carbocycles. The minimum Gasteiger partial charge on any atom is -0.491 e. The number of hydrogen-bond donors (Lipinski definition) is 2. The van der Waals surface area contributed by atoms with Crippen LogP contribution in [0.15, 0.2) is 53.7 Å². The van der Waals surface area contributed by atoms with Crippen LogP contribution in [-0.4, -0.2) is 62.7 Å². The summed E-state index contributed by atoms with van der Waals surface area (Å²) in [6.45, 7) is 2.28. The highest BCUT2D eigenvalue weighted by atomic mass is 32.2. The van der Waals surface area contributed by atoms with E-state index in [0.717, 1.165) is 28.7 Å². The normalized spacial score (nSPS) is 17.6. The van der Waals surface area contributed by atoms with Crippen molar-refractivity contribution in [3.8, 4) is 16.9 Å². The second-order valence-electron chi connectivity index (χ2n) is 8.06. The quantitative estimate of drug-likeness (QED) is 0.307. The summed E-state index contributed by atoms with van der Waals surface area (Å²) in [4.78, 5) is 17.4. The number of hydrogen-bond acceptors (Lipinski definition) is 8. The second-order valence-corrected chi connectivity index (χ2v) is 10.5. The van der Waals surface area contributed by atoms with Crippen LogP contribution in [0.2, 0.25) is 0 Å². The zero-order chi connectivity index (χ0) is 24.1. The molecule has 2 N–H and O–H groups in total. The van der Waals surface area contributed by atoms with E-state index in [9.17, 15) is 13.2 Å². The Balaban J connectivity index is 1.64. The van der Waals surface area contributed by atoms with Gasteiger partial charge in [0.1, 0.15) is 18.5 Å². The molecule has 0 bridgehead atoms. The van der Waals surface area contributed by atoms with Crippen molar-refractivity contribution in [1.82, 2.24) is 5.48 Å². The van der Waals surface area contributed by atoms with Gasteiger partial charge in [-0.2, -0.15) is 0 Å².